The van der Waals surface area contributed by atoms with E-state index in [1.54, 1.807) is 4.68 Å². The maximum atomic E-state index is 8.77. The lowest BCUT2D eigenvalue weighted by molar-refractivity contribution is 0.275. The molecule has 1 aromatic rings. The van der Waals surface area contributed by atoms with E-state index in [4.69, 9.17) is 5.11 Å². The number of aryl methyl sites for hydroxylation is 1. The molecule has 1 fully saturated rings. The van der Waals surface area contributed by atoms with Gasteiger partial charge in [0.15, 0.2) is 0 Å². The Bertz CT molecular complexity index is 372. The number of aromatic nitrogens is 3. The van der Waals surface area contributed by atoms with Crippen molar-refractivity contribution in [3.63, 3.8) is 0 Å². The molecule has 1 saturated carbocycles. The van der Waals surface area contributed by atoms with Crippen molar-refractivity contribution in [2.24, 2.45) is 11.8 Å². The predicted octanol–water partition coefficient (Wildman–Crippen LogP) is 1.97. The van der Waals surface area contributed by atoms with Gasteiger partial charge in [-0.15, -0.1) is 5.10 Å². The number of hydrogen-bond acceptors (Lipinski definition) is 4. The highest BCUT2D eigenvalue weighted by atomic mass is 16.3. The highest BCUT2D eigenvalue weighted by Crippen LogP contribution is 2.29. The summed E-state index contributed by atoms with van der Waals surface area (Å²) in [6.45, 7) is 5.18. The lowest BCUT2D eigenvalue weighted by atomic mass is 9.81. The van der Waals surface area contributed by atoms with Gasteiger partial charge in [-0.25, -0.2) is 0 Å². The molecule has 0 spiro atoms. The second kappa shape index (κ2) is 8.37. The average Bonchev–Trinajstić information content (AvgIpc) is 2.91. The van der Waals surface area contributed by atoms with Gasteiger partial charge in [-0.2, -0.15) is 0 Å². The van der Waals surface area contributed by atoms with E-state index in [0.717, 1.165) is 43.6 Å². The molecule has 0 saturated heterocycles. The van der Waals surface area contributed by atoms with E-state index >= 15 is 0 Å². The first-order valence-corrected chi connectivity index (χ1v) is 7.98. The third-order valence-corrected chi connectivity index (χ3v) is 4.30. The van der Waals surface area contributed by atoms with Crippen LogP contribution in [0.3, 0.4) is 0 Å². The van der Waals surface area contributed by atoms with E-state index < -0.39 is 0 Å². The van der Waals surface area contributed by atoms with Gasteiger partial charge in [0.25, 0.3) is 0 Å². The van der Waals surface area contributed by atoms with Crippen molar-refractivity contribution in [1.82, 2.24) is 20.3 Å². The van der Waals surface area contributed by atoms with Crippen molar-refractivity contribution in [2.75, 3.05) is 13.2 Å². The second-order valence-electron chi connectivity index (χ2n) is 6.14. The minimum atomic E-state index is 0.202. The van der Waals surface area contributed by atoms with Crippen LogP contribution < -0.4 is 5.32 Å². The Balaban J connectivity index is 1.57. The van der Waals surface area contributed by atoms with Gasteiger partial charge in [0.05, 0.1) is 5.69 Å². The Morgan fingerprint density at radius 2 is 2.15 bits per heavy atom. The summed E-state index contributed by atoms with van der Waals surface area (Å²) in [6.07, 6.45) is 9.60. The van der Waals surface area contributed by atoms with E-state index in [1.165, 1.54) is 32.1 Å². The maximum Gasteiger partial charge on any atom is 0.0964 e. The SMILES string of the molecule is CC1CCC(CCNCc2cn(CCCO)nn2)CC1. The smallest absolute Gasteiger partial charge is 0.0964 e. The highest BCUT2D eigenvalue weighted by molar-refractivity contribution is 4.91. The molecular formula is C15H28N4O. The molecule has 5 heteroatoms. The zero-order chi connectivity index (χ0) is 14.2. The van der Waals surface area contributed by atoms with Crippen LogP contribution in [0.15, 0.2) is 6.20 Å². The van der Waals surface area contributed by atoms with Crippen LogP contribution in [0, 0.1) is 11.8 Å². The zero-order valence-corrected chi connectivity index (χ0v) is 12.6. The molecule has 0 aliphatic heterocycles. The second-order valence-corrected chi connectivity index (χ2v) is 6.14. The highest BCUT2D eigenvalue weighted by Gasteiger charge is 2.17. The monoisotopic (exact) mass is 280 g/mol. The number of rotatable bonds is 8. The summed E-state index contributed by atoms with van der Waals surface area (Å²) in [5.41, 5.74) is 0.986. The van der Waals surface area contributed by atoms with Crippen molar-refractivity contribution in [2.45, 2.75) is 58.5 Å². The molecule has 114 valence electrons. The third kappa shape index (κ3) is 5.21. The van der Waals surface area contributed by atoms with Crippen LogP contribution in [-0.4, -0.2) is 33.3 Å². The van der Waals surface area contributed by atoms with Gasteiger partial charge in [-0.05, 0) is 31.2 Å². The quantitative estimate of drug-likeness (QED) is 0.715. The minimum Gasteiger partial charge on any atom is -0.396 e. The van der Waals surface area contributed by atoms with Gasteiger partial charge in [-0.1, -0.05) is 37.8 Å². The van der Waals surface area contributed by atoms with Crippen LogP contribution in [0.2, 0.25) is 0 Å². The summed E-state index contributed by atoms with van der Waals surface area (Å²) in [5, 5.41) is 20.4. The number of hydrogen-bond donors (Lipinski definition) is 2. The predicted molar refractivity (Wildman–Crippen MR) is 79.2 cm³/mol. The van der Waals surface area contributed by atoms with Crippen LogP contribution in [0.4, 0.5) is 0 Å². The Hall–Kier alpha value is -0.940. The van der Waals surface area contributed by atoms with Gasteiger partial charge in [-0.3, -0.25) is 4.68 Å². The van der Waals surface area contributed by atoms with Crippen molar-refractivity contribution < 1.29 is 5.11 Å². The zero-order valence-electron chi connectivity index (χ0n) is 12.6. The van der Waals surface area contributed by atoms with E-state index in [1.807, 2.05) is 6.20 Å². The van der Waals surface area contributed by atoms with E-state index in [-0.39, 0.29) is 6.61 Å². The van der Waals surface area contributed by atoms with Crippen LogP contribution >= 0.6 is 0 Å². The summed E-state index contributed by atoms with van der Waals surface area (Å²) < 4.78 is 1.80. The lowest BCUT2D eigenvalue weighted by Crippen LogP contribution is -2.20. The molecule has 0 unspecified atom stereocenters. The Morgan fingerprint density at radius 3 is 2.90 bits per heavy atom. The molecule has 1 aromatic heterocycles. The molecule has 1 aliphatic rings. The first kappa shape index (κ1) is 15.4. The maximum absolute atomic E-state index is 8.77. The molecule has 0 amide bonds. The molecule has 2 N–H and O–H groups in total. The van der Waals surface area contributed by atoms with E-state index in [2.05, 4.69) is 22.6 Å². The first-order chi connectivity index (χ1) is 9.78. The van der Waals surface area contributed by atoms with E-state index in [9.17, 15) is 0 Å². The molecule has 1 aliphatic carbocycles. The van der Waals surface area contributed by atoms with Crippen molar-refractivity contribution in [1.29, 1.82) is 0 Å². The number of aliphatic hydroxyl groups excluding tert-OH is 1. The fourth-order valence-electron chi connectivity index (χ4n) is 2.90. The molecule has 2 rings (SSSR count). The van der Waals surface area contributed by atoms with Gasteiger partial charge in [0, 0.05) is 25.9 Å². The largest absolute Gasteiger partial charge is 0.396 e. The number of aliphatic hydroxyl groups is 1. The summed E-state index contributed by atoms with van der Waals surface area (Å²) in [5.74, 6) is 1.85. The Kier molecular flexibility index (Phi) is 6.47. The summed E-state index contributed by atoms with van der Waals surface area (Å²) >= 11 is 0. The van der Waals surface area contributed by atoms with Gasteiger partial charge >= 0.3 is 0 Å². The molecule has 0 bridgehead atoms. The number of nitrogens with zero attached hydrogens (tertiary/aromatic N) is 3. The van der Waals surface area contributed by atoms with Gasteiger partial charge in [0.2, 0.25) is 0 Å². The first-order valence-electron chi connectivity index (χ1n) is 7.98. The summed E-state index contributed by atoms with van der Waals surface area (Å²) in [7, 11) is 0. The van der Waals surface area contributed by atoms with Crippen LogP contribution in [-0.2, 0) is 13.1 Å². The standard InChI is InChI=1S/C15H28N4O/c1-13-3-5-14(6-4-13)7-8-16-11-15-12-19(18-17-15)9-2-10-20/h12-14,16,20H,2-11H2,1H3. The summed E-state index contributed by atoms with van der Waals surface area (Å²) in [4.78, 5) is 0. The van der Waals surface area contributed by atoms with Crippen LogP contribution in [0.25, 0.3) is 0 Å². The van der Waals surface area contributed by atoms with Crippen molar-refractivity contribution >= 4 is 0 Å². The normalized spacial score (nSPS) is 23.1. The third-order valence-electron chi connectivity index (χ3n) is 4.30. The van der Waals surface area contributed by atoms with Crippen molar-refractivity contribution in [3.05, 3.63) is 11.9 Å². The van der Waals surface area contributed by atoms with E-state index in [0.29, 0.717) is 0 Å². The van der Waals surface area contributed by atoms with Crippen LogP contribution in [0.1, 0.15) is 51.1 Å². The lowest BCUT2D eigenvalue weighted by Gasteiger charge is -2.26. The fraction of sp³-hybridized carbons (Fsp3) is 0.867. The molecule has 1 heterocycles. The minimum absolute atomic E-state index is 0.202. The Morgan fingerprint density at radius 1 is 1.35 bits per heavy atom. The van der Waals surface area contributed by atoms with Crippen LogP contribution in [0.5, 0.6) is 0 Å². The van der Waals surface area contributed by atoms with Crippen molar-refractivity contribution in [3.8, 4) is 0 Å². The summed E-state index contributed by atoms with van der Waals surface area (Å²) in [6, 6.07) is 0. The molecule has 0 aromatic carbocycles. The molecule has 5 nitrogen and oxygen atoms in total. The Labute approximate surface area is 121 Å². The fourth-order valence-corrected chi connectivity index (χ4v) is 2.90. The molecule has 20 heavy (non-hydrogen) atoms. The topological polar surface area (TPSA) is 63.0 Å². The molecular weight excluding hydrogens is 252 g/mol. The average molecular weight is 280 g/mol. The number of nitrogens with one attached hydrogen (secondary N) is 1. The van der Waals surface area contributed by atoms with Gasteiger partial charge < -0.3 is 10.4 Å². The van der Waals surface area contributed by atoms with Gasteiger partial charge in [0.1, 0.15) is 0 Å². The molecule has 0 atom stereocenters. The molecule has 0 radical (unpaired) electrons.